The number of hydrogen-bond donors (Lipinski definition) is 1. The zero-order chi connectivity index (χ0) is 15.1. The van der Waals surface area contributed by atoms with Crippen molar-refractivity contribution in [3.05, 3.63) is 50.7 Å². The number of aryl methyl sites for hydroxylation is 1. The Bertz CT molecular complexity index is 620. The first kappa shape index (κ1) is 15.3. The molecule has 0 bridgehead atoms. The van der Waals surface area contributed by atoms with Gasteiger partial charge in [-0.05, 0) is 17.7 Å². The molecule has 0 radical (unpaired) electrons. The van der Waals surface area contributed by atoms with Crippen molar-refractivity contribution < 1.29 is 13.2 Å². The van der Waals surface area contributed by atoms with E-state index in [-0.39, 0.29) is 4.47 Å². The molecule has 0 aliphatic carbocycles. The van der Waals surface area contributed by atoms with Gasteiger partial charge in [-0.25, -0.2) is 0 Å². The average molecular weight is 369 g/mol. The highest BCUT2D eigenvalue weighted by atomic mass is 79.9. The van der Waals surface area contributed by atoms with E-state index in [1.165, 1.54) is 23.0 Å². The van der Waals surface area contributed by atoms with E-state index in [1.807, 2.05) is 0 Å². The SMILES string of the molecule is Cn1ncc(Cl)c1C(N)c1ccc(Br)c(C(F)(F)F)c1. The molecule has 0 saturated carbocycles. The van der Waals surface area contributed by atoms with Gasteiger partial charge in [0.1, 0.15) is 0 Å². The molecule has 2 N–H and O–H groups in total. The van der Waals surface area contributed by atoms with Gasteiger partial charge in [0.25, 0.3) is 0 Å². The van der Waals surface area contributed by atoms with Gasteiger partial charge >= 0.3 is 6.18 Å². The van der Waals surface area contributed by atoms with Crippen molar-refractivity contribution in [3.8, 4) is 0 Å². The van der Waals surface area contributed by atoms with Crippen LogP contribution in [0.4, 0.5) is 13.2 Å². The monoisotopic (exact) mass is 367 g/mol. The summed E-state index contributed by atoms with van der Waals surface area (Å²) in [4.78, 5) is 0. The summed E-state index contributed by atoms with van der Waals surface area (Å²) in [6.45, 7) is 0. The van der Waals surface area contributed by atoms with E-state index >= 15 is 0 Å². The summed E-state index contributed by atoms with van der Waals surface area (Å²) in [7, 11) is 1.63. The largest absolute Gasteiger partial charge is 0.417 e. The van der Waals surface area contributed by atoms with E-state index in [2.05, 4.69) is 21.0 Å². The zero-order valence-corrected chi connectivity index (χ0v) is 12.6. The molecule has 1 unspecified atom stereocenters. The van der Waals surface area contributed by atoms with Crippen LogP contribution in [0.2, 0.25) is 5.02 Å². The summed E-state index contributed by atoms with van der Waals surface area (Å²) < 4.78 is 40.1. The summed E-state index contributed by atoms with van der Waals surface area (Å²) in [5.41, 5.74) is 5.99. The number of hydrogen-bond acceptors (Lipinski definition) is 2. The summed E-state index contributed by atoms with van der Waals surface area (Å²) in [6.07, 6.45) is -3.05. The van der Waals surface area contributed by atoms with Crippen LogP contribution in [0.5, 0.6) is 0 Å². The first-order chi connectivity index (χ1) is 9.21. The molecule has 1 aromatic heterocycles. The third-order valence-corrected chi connectivity index (χ3v) is 3.87. The topological polar surface area (TPSA) is 43.8 Å². The van der Waals surface area contributed by atoms with Crippen LogP contribution in [0.25, 0.3) is 0 Å². The minimum atomic E-state index is -4.45. The molecule has 3 nitrogen and oxygen atoms in total. The average Bonchev–Trinajstić information content (AvgIpc) is 2.67. The molecule has 0 amide bonds. The lowest BCUT2D eigenvalue weighted by atomic mass is 10.0. The van der Waals surface area contributed by atoms with Crippen molar-refractivity contribution in [1.29, 1.82) is 0 Å². The number of alkyl halides is 3. The molecule has 1 aromatic carbocycles. The van der Waals surface area contributed by atoms with Gasteiger partial charge < -0.3 is 5.73 Å². The maximum absolute atomic E-state index is 12.9. The molecule has 2 aromatic rings. The minimum Gasteiger partial charge on any atom is -0.319 e. The smallest absolute Gasteiger partial charge is 0.319 e. The molecule has 1 atom stereocenters. The van der Waals surface area contributed by atoms with Gasteiger partial charge in [0, 0.05) is 11.5 Å². The molecule has 2 rings (SSSR count). The van der Waals surface area contributed by atoms with Crippen LogP contribution in [0.15, 0.2) is 28.9 Å². The van der Waals surface area contributed by atoms with Crippen molar-refractivity contribution in [3.63, 3.8) is 0 Å². The van der Waals surface area contributed by atoms with E-state index in [9.17, 15) is 13.2 Å². The minimum absolute atomic E-state index is 0.0305. The fourth-order valence-corrected chi connectivity index (χ4v) is 2.64. The molecule has 8 heteroatoms. The Balaban J connectivity index is 2.49. The number of benzene rings is 1. The van der Waals surface area contributed by atoms with Crippen LogP contribution in [-0.4, -0.2) is 9.78 Å². The molecule has 108 valence electrons. The summed E-state index contributed by atoms with van der Waals surface area (Å²) in [6, 6.07) is 3.07. The molecule has 0 fully saturated rings. The number of halogens is 5. The number of nitrogens with zero attached hydrogens (tertiary/aromatic N) is 2. The van der Waals surface area contributed by atoms with E-state index in [0.717, 1.165) is 6.07 Å². The maximum atomic E-state index is 12.9. The fraction of sp³-hybridized carbons (Fsp3) is 0.250. The van der Waals surface area contributed by atoms with Crippen LogP contribution >= 0.6 is 27.5 Å². The summed E-state index contributed by atoms with van der Waals surface area (Å²) in [5.74, 6) is 0. The second kappa shape index (κ2) is 5.38. The molecule has 20 heavy (non-hydrogen) atoms. The number of nitrogens with two attached hydrogens (primary N) is 1. The Kier molecular flexibility index (Phi) is 4.13. The molecule has 1 heterocycles. The van der Waals surface area contributed by atoms with Crippen LogP contribution < -0.4 is 5.73 Å². The highest BCUT2D eigenvalue weighted by Gasteiger charge is 2.33. The van der Waals surface area contributed by atoms with Gasteiger partial charge in [0.2, 0.25) is 0 Å². The molecular weight excluding hydrogens is 359 g/mol. The van der Waals surface area contributed by atoms with E-state index < -0.39 is 17.8 Å². The standard InChI is InChI=1S/C12H10BrClF3N3/c1-20-11(9(14)5-19-20)10(18)6-2-3-8(13)7(4-6)12(15,16)17/h2-5,10H,18H2,1H3. The number of rotatable bonds is 2. The van der Waals surface area contributed by atoms with Crippen molar-refractivity contribution >= 4 is 27.5 Å². The zero-order valence-electron chi connectivity index (χ0n) is 10.2. The molecule has 0 aliphatic rings. The highest BCUT2D eigenvalue weighted by molar-refractivity contribution is 9.10. The lowest BCUT2D eigenvalue weighted by Gasteiger charge is -2.16. The van der Waals surface area contributed by atoms with E-state index in [4.69, 9.17) is 17.3 Å². The van der Waals surface area contributed by atoms with Gasteiger partial charge in [-0.1, -0.05) is 33.6 Å². The van der Waals surface area contributed by atoms with Crippen molar-refractivity contribution in [2.45, 2.75) is 12.2 Å². The first-order valence-electron chi connectivity index (χ1n) is 5.51. The van der Waals surface area contributed by atoms with Gasteiger partial charge in [-0.2, -0.15) is 18.3 Å². The fourth-order valence-electron chi connectivity index (χ4n) is 1.88. The van der Waals surface area contributed by atoms with Crippen molar-refractivity contribution in [1.82, 2.24) is 9.78 Å². The number of aromatic nitrogens is 2. The van der Waals surface area contributed by atoms with Crippen LogP contribution in [0.3, 0.4) is 0 Å². The van der Waals surface area contributed by atoms with Gasteiger partial charge in [-0.3, -0.25) is 4.68 Å². The normalized spacial score (nSPS) is 13.6. The summed E-state index contributed by atoms with van der Waals surface area (Å²) in [5, 5.41) is 4.24. The lowest BCUT2D eigenvalue weighted by molar-refractivity contribution is -0.138. The Labute approximate surface area is 126 Å². The van der Waals surface area contributed by atoms with Gasteiger partial charge in [0.05, 0.1) is 28.5 Å². The quantitative estimate of drug-likeness (QED) is 0.873. The van der Waals surface area contributed by atoms with E-state index in [0.29, 0.717) is 16.3 Å². The molecule has 0 saturated heterocycles. The van der Waals surface area contributed by atoms with Crippen LogP contribution in [0.1, 0.15) is 22.9 Å². The Morgan fingerprint density at radius 2 is 2.05 bits per heavy atom. The third kappa shape index (κ3) is 2.84. The molecule has 0 aliphatic heterocycles. The predicted molar refractivity (Wildman–Crippen MR) is 73.4 cm³/mol. The third-order valence-electron chi connectivity index (χ3n) is 2.89. The van der Waals surface area contributed by atoms with Gasteiger partial charge in [0.15, 0.2) is 0 Å². The first-order valence-corrected chi connectivity index (χ1v) is 6.68. The second-order valence-electron chi connectivity index (χ2n) is 4.22. The summed E-state index contributed by atoms with van der Waals surface area (Å²) >= 11 is 8.84. The Morgan fingerprint density at radius 1 is 1.40 bits per heavy atom. The Morgan fingerprint density at radius 3 is 2.55 bits per heavy atom. The predicted octanol–water partition coefficient (Wildman–Crippen LogP) is 3.90. The second-order valence-corrected chi connectivity index (χ2v) is 5.48. The van der Waals surface area contributed by atoms with Crippen LogP contribution in [0, 0.1) is 0 Å². The van der Waals surface area contributed by atoms with Gasteiger partial charge in [-0.15, -0.1) is 0 Å². The highest BCUT2D eigenvalue weighted by Crippen LogP contribution is 2.37. The molecular formula is C12H10BrClF3N3. The van der Waals surface area contributed by atoms with Crippen molar-refractivity contribution in [2.24, 2.45) is 12.8 Å². The van der Waals surface area contributed by atoms with E-state index in [1.54, 1.807) is 7.05 Å². The Hall–Kier alpha value is -1.05. The maximum Gasteiger partial charge on any atom is 0.417 e. The molecule has 0 spiro atoms. The lowest BCUT2D eigenvalue weighted by Crippen LogP contribution is -2.17. The van der Waals surface area contributed by atoms with Crippen molar-refractivity contribution in [2.75, 3.05) is 0 Å². The van der Waals surface area contributed by atoms with Crippen LogP contribution in [-0.2, 0) is 13.2 Å².